The molecule has 2 heterocycles. The lowest BCUT2D eigenvalue weighted by molar-refractivity contribution is 0.152. The molecule has 2 aliphatic heterocycles. The first-order chi connectivity index (χ1) is 9.61. The van der Waals surface area contributed by atoms with Crippen molar-refractivity contribution in [2.45, 2.75) is 38.6 Å². The zero-order valence-electron chi connectivity index (χ0n) is 12.5. The predicted octanol–water partition coefficient (Wildman–Crippen LogP) is 3.00. The van der Waals surface area contributed by atoms with Crippen molar-refractivity contribution in [2.24, 2.45) is 5.41 Å². The number of hydrogen-bond donors (Lipinski definition) is 1. The first-order valence-corrected chi connectivity index (χ1v) is 7.81. The molecular weight excluding hydrogens is 251 g/mol. The van der Waals surface area contributed by atoms with Gasteiger partial charge < -0.3 is 10.2 Å². The summed E-state index contributed by atoms with van der Waals surface area (Å²) in [5, 5.41) is 3.53. The zero-order chi connectivity index (χ0) is 14.2. The van der Waals surface area contributed by atoms with Gasteiger partial charge in [0, 0.05) is 25.0 Å². The SMILES string of the molecule is CC(C)N1CCC2(CCNCC2c2ccc(F)cc2)C1. The van der Waals surface area contributed by atoms with Gasteiger partial charge in [0.2, 0.25) is 0 Å². The lowest BCUT2D eigenvalue weighted by atomic mass is 9.67. The Bertz CT molecular complexity index is 457. The van der Waals surface area contributed by atoms with Crippen LogP contribution >= 0.6 is 0 Å². The standard InChI is InChI=1S/C17H25FN2/c1-13(2)20-10-8-17(12-20)7-9-19-11-16(17)14-3-5-15(18)6-4-14/h3-6,13,16,19H,7-12H2,1-2H3. The number of nitrogens with one attached hydrogen (secondary N) is 1. The molecule has 110 valence electrons. The van der Waals surface area contributed by atoms with Crippen molar-refractivity contribution in [3.8, 4) is 0 Å². The van der Waals surface area contributed by atoms with E-state index in [1.807, 2.05) is 12.1 Å². The molecule has 2 atom stereocenters. The van der Waals surface area contributed by atoms with Crippen LogP contribution in [0.2, 0.25) is 0 Å². The molecule has 0 aromatic heterocycles. The van der Waals surface area contributed by atoms with E-state index < -0.39 is 0 Å². The molecule has 1 spiro atoms. The van der Waals surface area contributed by atoms with Crippen LogP contribution in [0.5, 0.6) is 0 Å². The number of benzene rings is 1. The maximum absolute atomic E-state index is 13.2. The van der Waals surface area contributed by atoms with E-state index in [1.54, 1.807) is 12.1 Å². The molecule has 2 nitrogen and oxygen atoms in total. The maximum Gasteiger partial charge on any atom is 0.123 e. The molecule has 0 saturated carbocycles. The van der Waals surface area contributed by atoms with Crippen LogP contribution in [0.25, 0.3) is 0 Å². The summed E-state index contributed by atoms with van der Waals surface area (Å²) in [6.45, 7) is 9.10. The molecular formula is C17H25FN2. The average molecular weight is 276 g/mol. The van der Waals surface area contributed by atoms with Gasteiger partial charge in [-0.3, -0.25) is 0 Å². The Balaban J connectivity index is 1.86. The second-order valence-corrected chi connectivity index (χ2v) is 6.73. The minimum atomic E-state index is -0.137. The molecule has 20 heavy (non-hydrogen) atoms. The summed E-state index contributed by atoms with van der Waals surface area (Å²) in [5.41, 5.74) is 1.68. The largest absolute Gasteiger partial charge is 0.316 e. The van der Waals surface area contributed by atoms with Crippen LogP contribution in [-0.4, -0.2) is 37.1 Å². The Morgan fingerprint density at radius 1 is 1.25 bits per heavy atom. The minimum absolute atomic E-state index is 0.137. The Morgan fingerprint density at radius 2 is 2.00 bits per heavy atom. The third-order valence-corrected chi connectivity index (χ3v) is 5.30. The second-order valence-electron chi connectivity index (χ2n) is 6.73. The molecule has 0 radical (unpaired) electrons. The van der Waals surface area contributed by atoms with Crippen molar-refractivity contribution in [3.05, 3.63) is 35.6 Å². The third-order valence-electron chi connectivity index (χ3n) is 5.30. The molecule has 2 aliphatic rings. The Morgan fingerprint density at radius 3 is 2.65 bits per heavy atom. The number of hydrogen-bond acceptors (Lipinski definition) is 2. The monoisotopic (exact) mass is 276 g/mol. The summed E-state index contributed by atoms with van der Waals surface area (Å²) in [6.07, 6.45) is 2.51. The fraction of sp³-hybridized carbons (Fsp3) is 0.647. The van der Waals surface area contributed by atoms with E-state index in [0.717, 1.165) is 13.1 Å². The van der Waals surface area contributed by atoms with Gasteiger partial charge in [-0.2, -0.15) is 0 Å². The molecule has 2 unspecified atom stereocenters. The van der Waals surface area contributed by atoms with Crippen molar-refractivity contribution in [3.63, 3.8) is 0 Å². The molecule has 2 fully saturated rings. The lowest BCUT2D eigenvalue weighted by Gasteiger charge is -2.42. The second kappa shape index (κ2) is 5.45. The van der Waals surface area contributed by atoms with Crippen LogP contribution < -0.4 is 5.32 Å². The van der Waals surface area contributed by atoms with E-state index >= 15 is 0 Å². The number of rotatable bonds is 2. The zero-order valence-corrected chi connectivity index (χ0v) is 12.5. The first-order valence-electron chi connectivity index (χ1n) is 7.81. The van der Waals surface area contributed by atoms with Gasteiger partial charge in [0.15, 0.2) is 0 Å². The Labute approximate surface area is 121 Å². The number of piperidine rings is 1. The van der Waals surface area contributed by atoms with Crippen LogP contribution in [0.4, 0.5) is 4.39 Å². The summed E-state index contributed by atoms with van der Waals surface area (Å²) in [7, 11) is 0. The third kappa shape index (κ3) is 2.49. The molecule has 0 bridgehead atoms. The average Bonchev–Trinajstić information content (AvgIpc) is 2.86. The van der Waals surface area contributed by atoms with Crippen molar-refractivity contribution in [2.75, 3.05) is 26.2 Å². The molecule has 2 saturated heterocycles. The highest BCUT2D eigenvalue weighted by Crippen LogP contribution is 2.47. The predicted molar refractivity (Wildman–Crippen MR) is 80.4 cm³/mol. The number of likely N-dealkylation sites (tertiary alicyclic amines) is 1. The van der Waals surface area contributed by atoms with Crippen molar-refractivity contribution < 1.29 is 4.39 Å². The van der Waals surface area contributed by atoms with Crippen LogP contribution in [0.3, 0.4) is 0 Å². The summed E-state index contributed by atoms with van der Waals surface area (Å²) < 4.78 is 13.2. The normalized spacial score (nSPS) is 31.3. The van der Waals surface area contributed by atoms with Crippen LogP contribution in [0.15, 0.2) is 24.3 Å². The van der Waals surface area contributed by atoms with Crippen molar-refractivity contribution >= 4 is 0 Å². The number of nitrogens with zero attached hydrogens (tertiary/aromatic N) is 1. The first kappa shape index (κ1) is 14.0. The summed E-state index contributed by atoms with van der Waals surface area (Å²) in [6, 6.07) is 7.79. The highest BCUT2D eigenvalue weighted by atomic mass is 19.1. The fourth-order valence-corrected chi connectivity index (χ4v) is 4.00. The highest BCUT2D eigenvalue weighted by molar-refractivity contribution is 5.25. The molecule has 1 aromatic rings. The van der Waals surface area contributed by atoms with Crippen LogP contribution in [-0.2, 0) is 0 Å². The summed E-state index contributed by atoms with van der Waals surface area (Å²) in [5.74, 6) is 0.377. The molecule has 1 N–H and O–H groups in total. The van der Waals surface area contributed by atoms with E-state index in [2.05, 4.69) is 24.1 Å². The van der Waals surface area contributed by atoms with Gasteiger partial charge in [-0.05, 0) is 62.9 Å². The summed E-state index contributed by atoms with van der Waals surface area (Å²) >= 11 is 0. The maximum atomic E-state index is 13.2. The Kier molecular flexibility index (Phi) is 3.83. The lowest BCUT2D eigenvalue weighted by Crippen LogP contribution is -2.45. The van der Waals surface area contributed by atoms with E-state index in [1.165, 1.54) is 31.5 Å². The van der Waals surface area contributed by atoms with Crippen molar-refractivity contribution in [1.82, 2.24) is 10.2 Å². The van der Waals surface area contributed by atoms with Gasteiger partial charge in [0.1, 0.15) is 5.82 Å². The van der Waals surface area contributed by atoms with Gasteiger partial charge >= 0.3 is 0 Å². The Hall–Kier alpha value is -0.930. The van der Waals surface area contributed by atoms with Crippen LogP contribution in [0.1, 0.15) is 38.2 Å². The van der Waals surface area contributed by atoms with E-state index in [4.69, 9.17) is 0 Å². The van der Waals surface area contributed by atoms with Crippen molar-refractivity contribution in [1.29, 1.82) is 0 Å². The molecule has 0 aliphatic carbocycles. The van der Waals surface area contributed by atoms with Gasteiger partial charge in [0.25, 0.3) is 0 Å². The van der Waals surface area contributed by atoms with E-state index in [9.17, 15) is 4.39 Å². The molecule has 3 rings (SSSR count). The quantitative estimate of drug-likeness (QED) is 0.893. The summed E-state index contributed by atoms with van der Waals surface area (Å²) in [4.78, 5) is 2.60. The topological polar surface area (TPSA) is 15.3 Å². The smallest absolute Gasteiger partial charge is 0.123 e. The minimum Gasteiger partial charge on any atom is -0.316 e. The number of halogens is 1. The molecule has 3 heteroatoms. The van der Waals surface area contributed by atoms with Crippen LogP contribution in [0, 0.1) is 11.2 Å². The van der Waals surface area contributed by atoms with Gasteiger partial charge in [-0.1, -0.05) is 12.1 Å². The van der Waals surface area contributed by atoms with Gasteiger partial charge in [-0.25, -0.2) is 4.39 Å². The molecule has 1 aromatic carbocycles. The van der Waals surface area contributed by atoms with Gasteiger partial charge in [-0.15, -0.1) is 0 Å². The van der Waals surface area contributed by atoms with Gasteiger partial charge in [0.05, 0.1) is 0 Å². The fourth-order valence-electron chi connectivity index (χ4n) is 4.00. The highest BCUT2D eigenvalue weighted by Gasteiger charge is 2.46. The molecule has 0 amide bonds. The van der Waals surface area contributed by atoms with E-state index in [0.29, 0.717) is 17.4 Å². The van der Waals surface area contributed by atoms with E-state index in [-0.39, 0.29) is 5.82 Å².